The maximum absolute atomic E-state index is 12.3. The average molecular weight is 448 g/mol. The van der Waals surface area contributed by atoms with Gasteiger partial charge in [0.15, 0.2) is 4.34 Å². The standard InChI is InChI=1S/C24H21N3O2S2/c1-16(17-7-3-2-4-8-17)26-23(29)15-30-24-27-20-12-11-19(13-22(20)31-24)25-14-18-9-5-6-10-21(18)28/h2-14,16,28H,15H2,1H3,(H,26,29)/t16-/m0/s1. The molecule has 0 aliphatic rings. The number of thiazole rings is 1. The molecule has 156 valence electrons. The minimum absolute atomic E-state index is 0.0198. The zero-order valence-electron chi connectivity index (χ0n) is 16.9. The van der Waals surface area contributed by atoms with Crippen LogP contribution in [0.25, 0.3) is 10.2 Å². The summed E-state index contributed by atoms with van der Waals surface area (Å²) in [5.41, 5.74) is 3.41. The molecule has 4 rings (SSSR count). The molecular weight excluding hydrogens is 426 g/mol. The largest absolute Gasteiger partial charge is 0.507 e. The molecule has 0 saturated carbocycles. The van der Waals surface area contributed by atoms with Gasteiger partial charge in [-0.05, 0) is 42.8 Å². The van der Waals surface area contributed by atoms with Crippen LogP contribution in [0.2, 0.25) is 0 Å². The minimum Gasteiger partial charge on any atom is -0.507 e. The molecule has 0 fully saturated rings. The number of carbonyl (C=O) groups is 1. The molecule has 0 aliphatic carbocycles. The van der Waals surface area contributed by atoms with Crippen molar-refractivity contribution in [1.82, 2.24) is 10.3 Å². The number of rotatable bonds is 7. The lowest BCUT2D eigenvalue weighted by atomic mass is 10.1. The second-order valence-corrected chi connectivity index (χ2v) is 9.19. The van der Waals surface area contributed by atoms with Crippen molar-refractivity contribution in [2.45, 2.75) is 17.3 Å². The number of thioether (sulfide) groups is 1. The summed E-state index contributed by atoms with van der Waals surface area (Å²) in [6, 6.07) is 22.7. The molecule has 1 heterocycles. The highest BCUT2D eigenvalue weighted by Gasteiger charge is 2.12. The van der Waals surface area contributed by atoms with Crippen LogP contribution in [-0.2, 0) is 4.79 Å². The van der Waals surface area contributed by atoms with Gasteiger partial charge in [0.2, 0.25) is 5.91 Å². The number of aliphatic imine (C=N–C) groups is 1. The third-order valence-corrected chi connectivity index (χ3v) is 6.81. The third-order valence-electron chi connectivity index (χ3n) is 4.65. The molecule has 3 aromatic carbocycles. The third kappa shape index (κ3) is 5.51. The van der Waals surface area contributed by atoms with E-state index in [4.69, 9.17) is 0 Å². The number of para-hydroxylation sites is 1. The molecule has 0 saturated heterocycles. The van der Waals surface area contributed by atoms with Crippen LogP contribution in [0.1, 0.15) is 24.1 Å². The van der Waals surface area contributed by atoms with E-state index in [1.807, 2.05) is 67.6 Å². The summed E-state index contributed by atoms with van der Waals surface area (Å²) in [7, 11) is 0. The number of hydrogen-bond acceptors (Lipinski definition) is 6. The molecule has 4 aromatic rings. The summed E-state index contributed by atoms with van der Waals surface area (Å²) >= 11 is 2.98. The SMILES string of the molecule is C[C@H](NC(=O)CSc1nc2ccc(N=Cc3ccccc3O)cc2s1)c1ccccc1. The van der Waals surface area contributed by atoms with Crippen molar-refractivity contribution >= 4 is 51.1 Å². The predicted octanol–water partition coefficient (Wildman–Crippen LogP) is 5.72. The van der Waals surface area contributed by atoms with Crippen LogP contribution in [0.15, 0.2) is 82.1 Å². The fourth-order valence-electron chi connectivity index (χ4n) is 3.01. The van der Waals surface area contributed by atoms with Crippen molar-refractivity contribution in [2.24, 2.45) is 4.99 Å². The molecule has 5 nitrogen and oxygen atoms in total. The van der Waals surface area contributed by atoms with Crippen molar-refractivity contribution in [2.75, 3.05) is 5.75 Å². The Labute approximate surface area is 188 Å². The summed E-state index contributed by atoms with van der Waals surface area (Å²) in [5, 5.41) is 12.9. The molecule has 2 N–H and O–H groups in total. The lowest BCUT2D eigenvalue weighted by Crippen LogP contribution is -2.28. The topological polar surface area (TPSA) is 74.6 Å². The lowest BCUT2D eigenvalue weighted by molar-refractivity contribution is -0.119. The Balaban J connectivity index is 1.38. The number of amides is 1. The minimum atomic E-state index is -0.0332. The van der Waals surface area contributed by atoms with Crippen LogP contribution in [0.5, 0.6) is 5.75 Å². The fraction of sp³-hybridized carbons (Fsp3) is 0.125. The van der Waals surface area contributed by atoms with Crippen LogP contribution >= 0.6 is 23.1 Å². The quantitative estimate of drug-likeness (QED) is 0.281. The number of aromatic nitrogens is 1. The van der Waals surface area contributed by atoms with Gasteiger partial charge in [-0.2, -0.15) is 0 Å². The molecular formula is C24H21N3O2S2. The first-order chi connectivity index (χ1) is 15.1. The number of nitrogens with zero attached hydrogens (tertiary/aromatic N) is 2. The van der Waals surface area contributed by atoms with Crippen LogP contribution < -0.4 is 5.32 Å². The number of benzene rings is 3. The maximum atomic E-state index is 12.3. The Morgan fingerprint density at radius 1 is 1.16 bits per heavy atom. The molecule has 0 aliphatic heterocycles. The van der Waals surface area contributed by atoms with Gasteiger partial charge >= 0.3 is 0 Å². The van der Waals surface area contributed by atoms with Gasteiger partial charge in [-0.3, -0.25) is 9.79 Å². The molecule has 0 bridgehead atoms. The number of aromatic hydroxyl groups is 1. The number of phenolic OH excluding ortho intramolecular Hbond substituents is 1. The molecule has 1 aromatic heterocycles. The van der Waals surface area contributed by atoms with Crippen LogP contribution in [0.3, 0.4) is 0 Å². The molecule has 0 unspecified atom stereocenters. The number of fused-ring (bicyclic) bond motifs is 1. The molecule has 0 radical (unpaired) electrons. The van der Waals surface area contributed by atoms with Gasteiger partial charge in [-0.1, -0.05) is 54.2 Å². The van der Waals surface area contributed by atoms with E-state index in [-0.39, 0.29) is 17.7 Å². The lowest BCUT2D eigenvalue weighted by Gasteiger charge is -2.13. The van der Waals surface area contributed by atoms with E-state index in [1.54, 1.807) is 29.7 Å². The number of phenols is 1. The van der Waals surface area contributed by atoms with E-state index >= 15 is 0 Å². The Morgan fingerprint density at radius 3 is 2.74 bits per heavy atom. The first kappa shape index (κ1) is 21.1. The number of nitrogens with one attached hydrogen (secondary N) is 1. The second kappa shape index (κ2) is 9.76. The van der Waals surface area contributed by atoms with Crippen molar-refractivity contribution in [1.29, 1.82) is 0 Å². The van der Waals surface area contributed by atoms with Crippen molar-refractivity contribution in [3.05, 3.63) is 83.9 Å². The summed E-state index contributed by atoms with van der Waals surface area (Å²) in [4.78, 5) is 21.4. The second-order valence-electron chi connectivity index (χ2n) is 6.94. The van der Waals surface area contributed by atoms with Gasteiger partial charge < -0.3 is 10.4 Å². The van der Waals surface area contributed by atoms with Gasteiger partial charge in [-0.15, -0.1) is 11.3 Å². The van der Waals surface area contributed by atoms with E-state index in [9.17, 15) is 9.90 Å². The van der Waals surface area contributed by atoms with Gasteiger partial charge in [0, 0.05) is 11.8 Å². The van der Waals surface area contributed by atoms with Crippen molar-refractivity contribution < 1.29 is 9.90 Å². The maximum Gasteiger partial charge on any atom is 0.230 e. The van der Waals surface area contributed by atoms with Gasteiger partial charge in [-0.25, -0.2) is 4.98 Å². The highest BCUT2D eigenvalue weighted by molar-refractivity contribution is 8.01. The Morgan fingerprint density at radius 2 is 1.94 bits per heavy atom. The van der Waals surface area contributed by atoms with Crippen LogP contribution in [-0.4, -0.2) is 28.0 Å². The first-order valence-electron chi connectivity index (χ1n) is 9.78. The fourth-order valence-corrected chi connectivity index (χ4v) is 4.92. The normalized spacial score (nSPS) is 12.3. The predicted molar refractivity (Wildman–Crippen MR) is 129 cm³/mol. The Hall–Kier alpha value is -3.16. The summed E-state index contributed by atoms with van der Waals surface area (Å²) in [5.74, 6) is 0.493. The van der Waals surface area contributed by atoms with E-state index in [2.05, 4.69) is 15.3 Å². The number of carbonyl (C=O) groups excluding carboxylic acids is 1. The van der Waals surface area contributed by atoms with Crippen LogP contribution in [0.4, 0.5) is 5.69 Å². The average Bonchev–Trinajstić information content (AvgIpc) is 3.20. The Kier molecular flexibility index (Phi) is 6.64. The first-order valence-corrected chi connectivity index (χ1v) is 11.6. The Bertz CT molecular complexity index is 1220. The van der Waals surface area contributed by atoms with E-state index in [0.717, 1.165) is 25.8 Å². The molecule has 31 heavy (non-hydrogen) atoms. The zero-order chi connectivity index (χ0) is 21.6. The van der Waals surface area contributed by atoms with E-state index in [0.29, 0.717) is 11.3 Å². The van der Waals surface area contributed by atoms with Crippen molar-refractivity contribution in [3.63, 3.8) is 0 Å². The monoisotopic (exact) mass is 447 g/mol. The van der Waals surface area contributed by atoms with E-state index in [1.165, 1.54) is 11.8 Å². The molecule has 1 atom stereocenters. The summed E-state index contributed by atoms with van der Waals surface area (Å²) in [6.07, 6.45) is 1.64. The van der Waals surface area contributed by atoms with Crippen molar-refractivity contribution in [3.8, 4) is 5.75 Å². The van der Waals surface area contributed by atoms with Crippen LogP contribution in [0, 0.1) is 0 Å². The molecule has 1 amide bonds. The highest BCUT2D eigenvalue weighted by Crippen LogP contribution is 2.32. The molecule has 7 heteroatoms. The van der Waals surface area contributed by atoms with Gasteiger partial charge in [0.25, 0.3) is 0 Å². The zero-order valence-corrected chi connectivity index (χ0v) is 18.5. The smallest absolute Gasteiger partial charge is 0.230 e. The highest BCUT2D eigenvalue weighted by atomic mass is 32.2. The van der Waals surface area contributed by atoms with Gasteiger partial charge in [0.05, 0.1) is 27.7 Å². The number of hydrogen-bond donors (Lipinski definition) is 2. The molecule has 0 spiro atoms. The van der Waals surface area contributed by atoms with Gasteiger partial charge in [0.1, 0.15) is 5.75 Å². The summed E-state index contributed by atoms with van der Waals surface area (Å²) < 4.78 is 1.85. The van der Waals surface area contributed by atoms with E-state index < -0.39 is 0 Å². The summed E-state index contributed by atoms with van der Waals surface area (Å²) in [6.45, 7) is 1.98.